The van der Waals surface area contributed by atoms with Gasteiger partial charge in [0, 0.05) is 26.3 Å². The minimum atomic E-state index is -3.63. The van der Waals surface area contributed by atoms with Crippen molar-refractivity contribution in [3.8, 4) is 0 Å². The van der Waals surface area contributed by atoms with E-state index in [0.29, 0.717) is 18.9 Å². The summed E-state index contributed by atoms with van der Waals surface area (Å²) in [6, 6.07) is 1.43. The lowest BCUT2D eigenvalue weighted by atomic mass is 9.90. The lowest BCUT2D eigenvalue weighted by molar-refractivity contribution is 0.153. The minimum absolute atomic E-state index is 0.0699. The summed E-state index contributed by atoms with van der Waals surface area (Å²) in [5.41, 5.74) is 5.23. The number of hydrogen-bond acceptors (Lipinski definition) is 5. The van der Waals surface area contributed by atoms with Crippen LogP contribution < -0.4 is 10.5 Å². The maximum atomic E-state index is 12.2. The number of methoxy groups -OCH3 is 1. The molecule has 0 aliphatic heterocycles. The number of furan rings is 1. The second-order valence-corrected chi connectivity index (χ2v) is 7.74. The number of hydrogen-bond donors (Lipinski definition) is 2. The maximum absolute atomic E-state index is 12.2. The molecule has 0 aliphatic rings. The fourth-order valence-electron chi connectivity index (χ4n) is 1.52. The van der Waals surface area contributed by atoms with Gasteiger partial charge < -0.3 is 14.9 Å². The van der Waals surface area contributed by atoms with Crippen molar-refractivity contribution in [2.45, 2.75) is 31.7 Å². The van der Waals surface area contributed by atoms with Crippen LogP contribution in [0.5, 0.6) is 0 Å². The number of nitrogens with one attached hydrogen (secondary N) is 1. The Labute approximate surface area is 128 Å². The van der Waals surface area contributed by atoms with Crippen LogP contribution in [0.25, 0.3) is 0 Å². The molecule has 0 fully saturated rings. The average molecular weight is 369 g/mol. The molecule has 0 atom stereocenters. The summed E-state index contributed by atoms with van der Waals surface area (Å²) >= 11 is 3.09. The smallest absolute Gasteiger partial charge is 0.244 e. The van der Waals surface area contributed by atoms with Crippen LogP contribution in [0.15, 0.2) is 20.0 Å². The van der Waals surface area contributed by atoms with E-state index >= 15 is 0 Å². The summed E-state index contributed by atoms with van der Waals surface area (Å²) in [5.74, 6) is 0.413. The van der Waals surface area contributed by atoms with Crippen LogP contribution in [-0.2, 0) is 21.3 Å². The van der Waals surface area contributed by atoms with E-state index in [0.717, 1.165) is 6.42 Å². The maximum Gasteiger partial charge on any atom is 0.244 e. The van der Waals surface area contributed by atoms with Crippen molar-refractivity contribution in [3.63, 3.8) is 0 Å². The Balaban J connectivity index is 2.77. The van der Waals surface area contributed by atoms with Crippen LogP contribution in [0.4, 0.5) is 0 Å². The molecular formula is C12H21BrN2O4S. The fourth-order valence-corrected chi connectivity index (χ4v) is 3.75. The van der Waals surface area contributed by atoms with E-state index in [1.807, 2.05) is 13.8 Å². The van der Waals surface area contributed by atoms with Gasteiger partial charge in [-0.05, 0) is 27.8 Å². The first-order valence-corrected chi connectivity index (χ1v) is 8.46. The quantitative estimate of drug-likeness (QED) is 0.729. The molecule has 0 saturated carbocycles. The van der Waals surface area contributed by atoms with E-state index in [1.165, 1.54) is 6.07 Å². The Morgan fingerprint density at radius 2 is 2.15 bits per heavy atom. The van der Waals surface area contributed by atoms with Crippen LogP contribution >= 0.6 is 15.9 Å². The minimum Gasteiger partial charge on any atom is -0.452 e. The normalized spacial score (nSPS) is 12.8. The van der Waals surface area contributed by atoms with Crippen molar-refractivity contribution in [1.29, 1.82) is 0 Å². The molecule has 0 radical (unpaired) electrons. The molecule has 8 heteroatoms. The molecule has 0 aromatic carbocycles. The van der Waals surface area contributed by atoms with Crippen molar-refractivity contribution < 1.29 is 17.6 Å². The number of nitrogens with two attached hydrogens (primary N) is 1. The second-order valence-electron chi connectivity index (χ2n) is 5.29. The molecule has 1 rings (SSSR count). The summed E-state index contributed by atoms with van der Waals surface area (Å²) in [6.45, 7) is 5.00. The molecule has 3 N–H and O–H groups in total. The van der Waals surface area contributed by atoms with E-state index in [9.17, 15) is 8.42 Å². The van der Waals surface area contributed by atoms with Gasteiger partial charge in [0.05, 0.1) is 6.54 Å². The largest absolute Gasteiger partial charge is 0.452 e. The number of rotatable bonds is 8. The number of ether oxygens (including phenoxy) is 1. The molecule has 1 aromatic rings. The van der Waals surface area contributed by atoms with Gasteiger partial charge in [-0.25, -0.2) is 13.1 Å². The van der Waals surface area contributed by atoms with Crippen molar-refractivity contribution >= 4 is 26.0 Å². The predicted molar refractivity (Wildman–Crippen MR) is 79.8 cm³/mol. The number of halogens is 1. The van der Waals surface area contributed by atoms with E-state index in [2.05, 4.69) is 20.7 Å². The van der Waals surface area contributed by atoms with Crippen LogP contribution in [0, 0.1) is 5.41 Å². The highest BCUT2D eigenvalue weighted by atomic mass is 79.9. The summed E-state index contributed by atoms with van der Waals surface area (Å²) in [7, 11) is -2.00. The van der Waals surface area contributed by atoms with E-state index in [1.54, 1.807) is 7.11 Å². The monoisotopic (exact) mass is 368 g/mol. The molecule has 1 heterocycles. The molecule has 116 valence electrons. The molecule has 0 amide bonds. The molecule has 1 aromatic heterocycles. The van der Waals surface area contributed by atoms with E-state index in [4.69, 9.17) is 14.9 Å². The molecular weight excluding hydrogens is 348 g/mol. The van der Waals surface area contributed by atoms with E-state index < -0.39 is 10.0 Å². The first-order chi connectivity index (χ1) is 9.22. The van der Waals surface area contributed by atoms with Gasteiger partial charge in [0.25, 0.3) is 0 Å². The zero-order chi connectivity index (χ0) is 15.4. The zero-order valence-electron chi connectivity index (χ0n) is 11.9. The summed E-state index contributed by atoms with van der Waals surface area (Å²) in [5, 5.41) is 0. The second kappa shape index (κ2) is 7.04. The lowest BCUT2D eigenvalue weighted by Gasteiger charge is -2.24. The third-order valence-electron chi connectivity index (χ3n) is 2.92. The Morgan fingerprint density at radius 3 is 2.65 bits per heavy atom. The van der Waals surface area contributed by atoms with Gasteiger partial charge in [0.1, 0.15) is 10.7 Å². The first kappa shape index (κ1) is 17.6. The zero-order valence-corrected chi connectivity index (χ0v) is 14.3. The van der Waals surface area contributed by atoms with Gasteiger partial charge >= 0.3 is 0 Å². The summed E-state index contributed by atoms with van der Waals surface area (Å²) in [4.78, 5) is 0.0699. The van der Waals surface area contributed by atoms with Crippen LogP contribution in [0.2, 0.25) is 0 Å². The molecule has 0 aliphatic carbocycles. The molecule has 6 nitrogen and oxygen atoms in total. The van der Waals surface area contributed by atoms with Crippen molar-refractivity contribution in [2.24, 2.45) is 11.1 Å². The van der Waals surface area contributed by atoms with Gasteiger partial charge in [-0.15, -0.1) is 0 Å². The molecule has 0 spiro atoms. The Bertz CT molecular complexity index is 540. The third-order valence-corrected chi connectivity index (χ3v) is 5.18. The standard InChI is InChI=1S/C12H21BrN2O4S/c1-12(2,4-5-18-3)8-15-20(16,17)10-6-9(7-14)19-11(10)13/h6,15H,4-5,7-8,14H2,1-3H3. The van der Waals surface area contributed by atoms with Crippen LogP contribution in [0.3, 0.4) is 0 Å². The Hall–Kier alpha value is -0.410. The van der Waals surface area contributed by atoms with Crippen molar-refractivity contribution in [2.75, 3.05) is 20.3 Å². The Kier molecular flexibility index (Phi) is 6.21. The third kappa shape index (κ3) is 4.85. The SMILES string of the molecule is COCCC(C)(C)CNS(=O)(=O)c1cc(CN)oc1Br. The van der Waals surface area contributed by atoms with Gasteiger partial charge in [-0.1, -0.05) is 13.8 Å². The Morgan fingerprint density at radius 1 is 1.50 bits per heavy atom. The van der Waals surface area contributed by atoms with Gasteiger partial charge in [-0.3, -0.25) is 0 Å². The van der Waals surface area contributed by atoms with Crippen molar-refractivity contribution in [3.05, 3.63) is 16.5 Å². The molecule has 0 saturated heterocycles. The summed E-state index contributed by atoms with van der Waals surface area (Å²) < 4.78 is 37.4. The van der Waals surface area contributed by atoms with Crippen molar-refractivity contribution in [1.82, 2.24) is 4.72 Å². The van der Waals surface area contributed by atoms with E-state index in [-0.39, 0.29) is 21.5 Å². The van der Waals surface area contributed by atoms with Gasteiger partial charge in [0.15, 0.2) is 4.67 Å². The fraction of sp³-hybridized carbons (Fsp3) is 0.667. The highest BCUT2D eigenvalue weighted by Gasteiger charge is 2.25. The first-order valence-electron chi connectivity index (χ1n) is 6.19. The van der Waals surface area contributed by atoms with Gasteiger partial charge in [-0.2, -0.15) is 0 Å². The van der Waals surface area contributed by atoms with Crippen LogP contribution in [-0.4, -0.2) is 28.7 Å². The molecule has 0 bridgehead atoms. The predicted octanol–water partition coefficient (Wildman–Crippen LogP) is 1.84. The topological polar surface area (TPSA) is 94.6 Å². The molecule has 0 unspecified atom stereocenters. The highest BCUT2D eigenvalue weighted by Crippen LogP contribution is 2.27. The average Bonchev–Trinajstić information content (AvgIpc) is 2.77. The molecule has 20 heavy (non-hydrogen) atoms. The number of sulfonamides is 1. The van der Waals surface area contributed by atoms with Crippen LogP contribution in [0.1, 0.15) is 26.0 Å². The highest BCUT2D eigenvalue weighted by molar-refractivity contribution is 9.10. The summed E-state index contributed by atoms with van der Waals surface area (Å²) in [6.07, 6.45) is 0.757. The lowest BCUT2D eigenvalue weighted by Crippen LogP contribution is -2.34. The van der Waals surface area contributed by atoms with Gasteiger partial charge in [0.2, 0.25) is 10.0 Å².